The summed E-state index contributed by atoms with van der Waals surface area (Å²) in [4.78, 5) is 25.1. The number of likely N-dealkylation sites (N-methyl/N-ethyl adjacent to an activating group) is 1. The minimum atomic E-state index is 0.0211. The van der Waals surface area contributed by atoms with Crippen molar-refractivity contribution in [3.05, 3.63) is 72.1 Å². The number of anilines is 2. The highest BCUT2D eigenvalue weighted by Gasteiger charge is 2.18. The predicted octanol–water partition coefficient (Wildman–Crippen LogP) is 3.91. The third kappa shape index (κ3) is 5.78. The number of benzene rings is 2. The van der Waals surface area contributed by atoms with E-state index in [0.717, 1.165) is 34.7 Å². The van der Waals surface area contributed by atoms with Gasteiger partial charge in [-0.05, 0) is 50.3 Å². The van der Waals surface area contributed by atoms with E-state index >= 15 is 0 Å². The number of carbonyl (C=O) groups is 1. The second kappa shape index (κ2) is 11.2. The Kier molecular flexibility index (Phi) is 7.83. The molecule has 4 aromatic rings. The summed E-state index contributed by atoms with van der Waals surface area (Å²) in [6.07, 6.45) is 5.70. The first-order chi connectivity index (χ1) is 17.8. The molecule has 0 atom stereocenters. The lowest BCUT2D eigenvalue weighted by molar-refractivity contribution is -0.117. The third-order valence-corrected chi connectivity index (χ3v) is 6.17. The van der Waals surface area contributed by atoms with Gasteiger partial charge in [0, 0.05) is 31.3 Å². The highest BCUT2D eigenvalue weighted by atomic mass is 16.5. The van der Waals surface area contributed by atoms with Gasteiger partial charge in [0.05, 0.1) is 19.0 Å². The van der Waals surface area contributed by atoms with Gasteiger partial charge in [0.25, 0.3) is 0 Å². The number of aryl methyl sites for hydroxylation is 1. The van der Waals surface area contributed by atoms with Crippen LogP contribution in [-0.2, 0) is 11.3 Å². The van der Waals surface area contributed by atoms with Crippen LogP contribution in [0.4, 0.5) is 11.5 Å². The smallest absolute Gasteiger partial charge is 0.230 e. The molecule has 0 bridgehead atoms. The van der Waals surface area contributed by atoms with Gasteiger partial charge in [0.15, 0.2) is 5.65 Å². The summed E-state index contributed by atoms with van der Waals surface area (Å²) >= 11 is 0. The molecule has 0 saturated heterocycles. The van der Waals surface area contributed by atoms with Crippen LogP contribution in [0.2, 0.25) is 0 Å². The Balaban J connectivity index is 1.63. The molecule has 0 aliphatic carbocycles. The Hall–Kier alpha value is -4.24. The molecule has 4 rings (SSSR count). The number of hydrogen-bond donors (Lipinski definition) is 1. The molecule has 192 valence electrons. The SMILES string of the molecule is COc1cc(-c2nn(Cc3cccc(N(C)C(=O)C/C=C/CN(C)C)c3)c3ncnc(N)c23)ccc1C. The van der Waals surface area contributed by atoms with Crippen molar-refractivity contribution in [2.24, 2.45) is 0 Å². The molecule has 9 heteroatoms. The molecule has 2 aromatic carbocycles. The molecule has 0 aliphatic rings. The molecule has 1 amide bonds. The van der Waals surface area contributed by atoms with Gasteiger partial charge in [-0.25, -0.2) is 14.6 Å². The Bertz CT molecular complexity index is 1440. The summed E-state index contributed by atoms with van der Waals surface area (Å²) < 4.78 is 7.33. The first-order valence-corrected chi connectivity index (χ1v) is 12.1. The van der Waals surface area contributed by atoms with Crippen LogP contribution in [0, 0.1) is 6.92 Å². The summed E-state index contributed by atoms with van der Waals surface area (Å²) in [6.45, 7) is 3.25. The third-order valence-electron chi connectivity index (χ3n) is 6.17. The topological polar surface area (TPSA) is 102 Å². The van der Waals surface area contributed by atoms with E-state index in [0.29, 0.717) is 35.5 Å². The van der Waals surface area contributed by atoms with E-state index in [9.17, 15) is 4.79 Å². The van der Waals surface area contributed by atoms with Gasteiger partial charge < -0.3 is 20.3 Å². The zero-order valence-corrected chi connectivity index (χ0v) is 22.0. The quantitative estimate of drug-likeness (QED) is 0.348. The molecule has 0 saturated carbocycles. The van der Waals surface area contributed by atoms with Crippen LogP contribution in [0.5, 0.6) is 5.75 Å². The maximum Gasteiger partial charge on any atom is 0.230 e. The zero-order valence-electron chi connectivity index (χ0n) is 22.0. The van der Waals surface area contributed by atoms with Gasteiger partial charge in [0.1, 0.15) is 23.6 Å². The molecule has 9 nitrogen and oxygen atoms in total. The Morgan fingerprint density at radius 3 is 2.68 bits per heavy atom. The molecule has 0 radical (unpaired) electrons. The van der Waals surface area contributed by atoms with Crippen LogP contribution in [-0.4, -0.2) is 65.4 Å². The van der Waals surface area contributed by atoms with E-state index in [4.69, 9.17) is 15.6 Å². The number of amides is 1. The number of nitrogens with two attached hydrogens (primary N) is 1. The highest BCUT2D eigenvalue weighted by Crippen LogP contribution is 2.33. The van der Waals surface area contributed by atoms with Gasteiger partial charge in [-0.3, -0.25) is 4.79 Å². The number of fused-ring (bicyclic) bond motifs is 1. The van der Waals surface area contributed by atoms with Crippen LogP contribution in [0.25, 0.3) is 22.3 Å². The van der Waals surface area contributed by atoms with Crippen molar-refractivity contribution >= 4 is 28.4 Å². The normalized spacial score (nSPS) is 11.5. The fraction of sp³-hybridized carbons (Fsp3) is 0.286. The standard InChI is InChI=1S/C28H33N7O2/c1-19-12-13-21(16-23(19)37-5)26-25-27(29)30-18-31-28(25)35(32-26)17-20-9-8-10-22(15-20)34(4)24(36)11-6-7-14-33(2)3/h6-10,12-13,15-16,18H,11,14,17H2,1-5H3,(H2,29,30,31)/b7-6+. The maximum atomic E-state index is 12.7. The lowest BCUT2D eigenvalue weighted by atomic mass is 10.1. The number of aromatic nitrogens is 4. The number of nitrogen functional groups attached to an aromatic ring is 1. The van der Waals surface area contributed by atoms with E-state index in [2.05, 4.69) is 9.97 Å². The minimum absolute atomic E-state index is 0.0211. The molecule has 2 aromatic heterocycles. The summed E-state index contributed by atoms with van der Waals surface area (Å²) in [5, 5.41) is 5.58. The second-order valence-electron chi connectivity index (χ2n) is 9.21. The van der Waals surface area contributed by atoms with E-state index in [1.54, 1.807) is 19.1 Å². The molecule has 0 spiro atoms. The van der Waals surface area contributed by atoms with Crippen molar-refractivity contribution in [3.63, 3.8) is 0 Å². The average molecular weight is 500 g/mol. The van der Waals surface area contributed by atoms with Crippen molar-refractivity contribution in [3.8, 4) is 17.0 Å². The summed E-state index contributed by atoms with van der Waals surface area (Å²) in [5.41, 5.74) is 11.3. The Morgan fingerprint density at radius 2 is 1.92 bits per heavy atom. The van der Waals surface area contributed by atoms with Crippen molar-refractivity contribution in [1.82, 2.24) is 24.6 Å². The zero-order chi connectivity index (χ0) is 26.5. The predicted molar refractivity (Wildman–Crippen MR) is 148 cm³/mol. The molecule has 0 fully saturated rings. The van der Waals surface area contributed by atoms with Gasteiger partial charge >= 0.3 is 0 Å². The van der Waals surface area contributed by atoms with Crippen LogP contribution in [0.1, 0.15) is 17.5 Å². The van der Waals surface area contributed by atoms with Gasteiger partial charge in [-0.15, -0.1) is 0 Å². The van der Waals surface area contributed by atoms with E-state index < -0.39 is 0 Å². The van der Waals surface area contributed by atoms with Crippen molar-refractivity contribution < 1.29 is 9.53 Å². The molecular formula is C28H33N7O2. The van der Waals surface area contributed by atoms with Crippen molar-refractivity contribution in [1.29, 1.82) is 0 Å². The number of rotatable bonds is 9. The van der Waals surface area contributed by atoms with Crippen molar-refractivity contribution in [2.75, 3.05) is 45.4 Å². The van der Waals surface area contributed by atoms with Crippen LogP contribution < -0.4 is 15.4 Å². The molecular weight excluding hydrogens is 466 g/mol. The summed E-state index contributed by atoms with van der Waals surface area (Å²) in [6, 6.07) is 13.8. The van der Waals surface area contributed by atoms with Gasteiger partial charge in [-0.1, -0.05) is 36.4 Å². The lowest BCUT2D eigenvalue weighted by Crippen LogP contribution is -2.25. The van der Waals surface area contributed by atoms with Crippen LogP contribution >= 0.6 is 0 Å². The number of methoxy groups -OCH3 is 1. The highest BCUT2D eigenvalue weighted by molar-refractivity contribution is 5.98. The largest absolute Gasteiger partial charge is 0.496 e. The van der Waals surface area contributed by atoms with Crippen LogP contribution in [0.3, 0.4) is 0 Å². The fourth-order valence-electron chi connectivity index (χ4n) is 4.10. The average Bonchev–Trinajstić information content (AvgIpc) is 3.25. The molecule has 0 aliphatic heterocycles. The van der Waals surface area contributed by atoms with E-state index in [1.807, 2.05) is 85.2 Å². The lowest BCUT2D eigenvalue weighted by Gasteiger charge is -2.17. The first-order valence-electron chi connectivity index (χ1n) is 12.1. The number of carbonyl (C=O) groups excluding carboxylic acids is 1. The number of nitrogens with zero attached hydrogens (tertiary/aromatic N) is 6. The molecule has 0 unspecified atom stereocenters. The first kappa shape index (κ1) is 25.8. The summed E-state index contributed by atoms with van der Waals surface area (Å²) in [5.74, 6) is 1.16. The van der Waals surface area contributed by atoms with Gasteiger partial charge in [-0.2, -0.15) is 5.10 Å². The number of hydrogen-bond acceptors (Lipinski definition) is 7. The molecule has 2 N–H and O–H groups in total. The van der Waals surface area contributed by atoms with Crippen molar-refractivity contribution in [2.45, 2.75) is 19.9 Å². The second-order valence-corrected chi connectivity index (χ2v) is 9.21. The minimum Gasteiger partial charge on any atom is -0.496 e. The van der Waals surface area contributed by atoms with Crippen LogP contribution in [0.15, 0.2) is 60.9 Å². The molecule has 2 heterocycles. The van der Waals surface area contributed by atoms with E-state index in [-0.39, 0.29) is 5.91 Å². The Labute approximate surface area is 217 Å². The summed E-state index contributed by atoms with van der Waals surface area (Å²) in [7, 11) is 7.43. The maximum absolute atomic E-state index is 12.7. The van der Waals surface area contributed by atoms with Gasteiger partial charge in [0.2, 0.25) is 5.91 Å². The fourth-order valence-corrected chi connectivity index (χ4v) is 4.10. The monoisotopic (exact) mass is 499 g/mol. The number of ether oxygens (including phenoxy) is 1. The Morgan fingerprint density at radius 1 is 1.11 bits per heavy atom. The molecule has 37 heavy (non-hydrogen) atoms. The van der Waals surface area contributed by atoms with E-state index in [1.165, 1.54) is 6.33 Å².